The fourth-order valence-electron chi connectivity index (χ4n) is 0.793. The molecule has 0 aromatic heterocycles. The molecule has 0 heterocycles. The summed E-state index contributed by atoms with van der Waals surface area (Å²) >= 11 is 0. The number of nitriles is 1. The van der Waals surface area contributed by atoms with Crippen molar-refractivity contribution in [2.75, 3.05) is 0 Å². The van der Waals surface area contributed by atoms with Crippen LogP contribution in [0, 0.1) is 11.3 Å². The van der Waals surface area contributed by atoms with E-state index in [0.717, 1.165) is 0 Å². The van der Waals surface area contributed by atoms with E-state index in [2.05, 4.69) is 6.07 Å². The third-order valence-electron chi connectivity index (χ3n) is 1.40. The minimum absolute atomic E-state index is 0.685. The van der Waals surface area contributed by atoms with E-state index < -0.39 is 0 Å². The normalized spacial score (nSPS) is 23.6. The Morgan fingerprint density at radius 2 is 1.91 bits per heavy atom. The Balaban J connectivity index is 2.90. The zero-order valence-electron chi connectivity index (χ0n) is 6.41. The largest absolute Gasteiger partial charge is 0.192 e. The van der Waals surface area contributed by atoms with E-state index in [-0.39, 0.29) is 0 Å². The predicted octanol–water partition coefficient (Wildman–Crippen LogP) is 2.51. The molecule has 0 radical (unpaired) electrons. The first kappa shape index (κ1) is 7.56. The van der Waals surface area contributed by atoms with Gasteiger partial charge in [0.15, 0.2) is 0 Å². The van der Waals surface area contributed by atoms with Gasteiger partial charge in [-0.3, -0.25) is 0 Å². The van der Waals surface area contributed by atoms with Gasteiger partial charge in [-0.1, -0.05) is 29.9 Å². The van der Waals surface area contributed by atoms with Crippen molar-refractivity contribution in [3.63, 3.8) is 0 Å². The van der Waals surface area contributed by atoms with Crippen LogP contribution in [-0.2, 0) is 0 Å². The van der Waals surface area contributed by atoms with Gasteiger partial charge >= 0.3 is 0 Å². The van der Waals surface area contributed by atoms with Gasteiger partial charge in [-0.05, 0) is 19.1 Å². The molecule has 0 amide bonds. The van der Waals surface area contributed by atoms with Crippen molar-refractivity contribution in [3.05, 3.63) is 47.6 Å². The molecule has 1 nitrogen and oxygen atoms in total. The molecule has 0 saturated heterocycles. The third-order valence-corrected chi connectivity index (χ3v) is 1.40. The lowest BCUT2D eigenvalue weighted by atomic mass is 10.1. The molecule has 54 valence electrons. The standard InChI is InChI=1S/C10H9N/c1-9-4-2-6-10(8-11)7-3-5-9/h2-7H,1H3/b4-2?,5-3?,6-2-,7-3?,9-4?,9-5?,10-6?,10-7+. The van der Waals surface area contributed by atoms with Gasteiger partial charge in [0.25, 0.3) is 0 Å². The van der Waals surface area contributed by atoms with Crippen molar-refractivity contribution in [1.82, 2.24) is 0 Å². The van der Waals surface area contributed by atoms with Crippen LogP contribution in [0.1, 0.15) is 6.92 Å². The quantitative estimate of drug-likeness (QED) is 0.511. The molecule has 0 aliphatic heterocycles. The van der Waals surface area contributed by atoms with E-state index in [4.69, 9.17) is 5.26 Å². The molecular weight excluding hydrogens is 134 g/mol. The van der Waals surface area contributed by atoms with Crippen LogP contribution < -0.4 is 0 Å². The second kappa shape index (κ2) is 3.58. The fraction of sp³-hybridized carbons (Fsp3) is 0.100. The van der Waals surface area contributed by atoms with Gasteiger partial charge in [0, 0.05) is 0 Å². The van der Waals surface area contributed by atoms with E-state index in [9.17, 15) is 0 Å². The van der Waals surface area contributed by atoms with Crippen LogP contribution in [0.5, 0.6) is 0 Å². The van der Waals surface area contributed by atoms with Crippen LogP contribution in [0.2, 0.25) is 0 Å². The summed E-state index contributed by atoms with van der Waals surface area (Å²) in [4.78, 5) is 0. The summed E-state index contributed by atoms with van der Waals surface area (Å²) in [7, 11) is 0. The Morgan fingerprint density at radius 1 is 1.18 bits per heavy atom. The lowest BCUT2D eigenvalue weighted by Gasteiger charge is -1.91. The average Bonchev–Trinajstić information content (AvgIpc) is 1.96. The predicted molar refractivity (Wildman–Crippen MR) is 45.7 cm³/mol. The van der Waals surface area contributed by atoms with Crippen LogP contribution in [-0.4, -0.2) is 0 Å². The molecule has 0 atom stereocenters. The summed E-state index contributed by atoms with van der Waals surface area (Å²) in [6.45, 7) is 2.02. The summed E-state index contributed by atoms with van der Waals surface area (Å²) < 4.78 is 0. The number of hydrogen-bond acceptors (Lipinski definition) is 1. The van der Waals surface area contributed by atoms with Crippen molar-refractivity contribution >= 4 is 0 Å². The fourth-order valence-corrected chi connectivity index (χ4v) is 0.793. The van der Waals surface area contributed by atoms with E-state index in [1.807, 2.05) is 31.2 Å². The van der Waals surface area contributed by atoms with Crippen LogP contribution in [0.4, 0.5) is 0 Å². The average molecular weight is 143 g/mol. The summed E-state index contributed by atoms with van der Waals surface area (Å²) in [5.74, 6) is 0. The van der Waals surface area contributed by atoms with Crippen LogP contribution >= 0.6 is 0 Å². The second-order valence-corrected chi connectivity index (χ2v) is 2.36. The van der Waals surface area contributed by atoms with Crippen molar-refractivity contribution < 1.29 is 0 Å². The highest BCUT2D eigenvalue weighted by atomic mass is 14.2. The van der Waals surface area contributed by atoms with Crippen molar-refractivity contribution in [3.8, 4) is 6.07 Å². The first-order valence-electron chi connectivity index (χ1n) is 3.46. The molecule has 0 spiro atoms. The van der Waals surface area contributed by atoms with Crippen molar-refractivity contribution in [1.29, 1.82) is 5.26 Å². The number of allylic oxidation sites excluding steroid dienone is 8. The second-order valence-electron chi connectivity index (χ2n) is 2.36. The van der Waals surface area contributed by atoms with Crippen molar-refractivity contribution in [2.24, 2.45) is 0 Å². The van der Waals surface area contributed by atoms with E-state index in [1.54, 1.807) is 12.2 Å². The Kier molecular flexibility index (Phi) is 2.46. The van der Waals surface area contributed by atoms with Crippen LogP contribution in [0.15, 0.2) is 47.6 Å². The smallest absolute Gasteiger partial charge is 0.0991 e. The molecule has 11 heavy (non-hydrogen) atoms. The van der Waals surface area contributed by atoms with E-state index in [1.165, 1.54) is 5.57 Å². The molecule has 1 aliphatic carbocycles. The molecule has 0 unspecified atom stereocenters. The number of nitrogens with zero attached hydrogens (tertiary/aromatic N) is 1. The zero-order chi connectivity index (χ0) is 8.10. The van der Waals surface area contributed by atoms with Gasteiger partial charge in [0.05, 0.1) is 11.6 Å². The van der Waals surface area contributed by atoms with Gasteiger partial charge in [0.2, 0.25) is 0 Å². The molecule has 1 rings (SSSR count). The van der Waals surface area contributed by atoms with Gasteiger partial charge in [-0.25, -0.2) is 0 Å². The minimum atomic E-state index is 0.685. The Morgan fingerprint density at radius 3 is 2.64 bits per heavy atom. The lowest BCUT2D eigenvalue weighted by molar-refractivity contribution is 1.47. The summed E-state index contributed by atoms with van der Waals surface area (Å²) in [5.41, 5.74) is 1.87. The maximum Gasteiger partial charge on any atom is 0.0991 e. The number of rotatable bonds is 0. The van der Waals surface area contributed by atoms with E-state index in [0.29, 0.717) is 5.57 Å². The summed E-state index contributed by atoms with van der Waals surface area (Å²) in [6.07, 6.45) is 11.3. The molecule has 0 aromatic rings. The highest BCUT2D eigenvalue weighted by Crippen LogP contribution is 2.03. The summed E-state index contributed by atoms with van der Waals surface area (Å²) in [6, 6.07) is 2.08. The van der Waals surface area contributed by atoms with Gasteiger partial charge in [0.1, 0.15) is 0 Å². The van der Waals surface area contributed by atoms with Crippen LogP contribution in [0.25, 0.3) is 0 Å². The van der Waals surface area contributed by atoms with Gasteiger partial charge < -0.3 is 0 Å². The Labute approximate surface area is 66.7 Å². The third kappa shape index (κ3) is 2.27. The summed E-state index contributed by atoms with van der Waals surface area (Å²) in [5, 5.41) is 8.55. The monoisotopic (exact) mass is 143 g/mol. The van der Waals surface area contributed by atoms with Gasteiger partial charge in [-0.15, -0.1) is 0 Å². The molecule has 0 fully saturated rings. The van der Waals surface area contributed by atoms with Crippen LogP contribution in [0.3, 0.4) is 0 Å². The molecule has 1 heteroatoms. The van der Waals surface area contributed by atoms with Crippen molar-refractivity contribution in [2.45, 2.75) is 6.92 Å². The maximum absolute atomic E-state index is 8.55. The van der Waals surface area contributed by atoms with Gasteiger partial charge in [-0.2, -0.15) is 5.26 Å². The topological polar surface area (TPSA) is 23.8 Å². The highest BCUT2D eigenvalue weighted by Gasteiger charge is 1.87. The Bertz CT molecular complexity index is 295. The molecule has 0 aromatic carbocycles. The molecule has 0 N–H and O–H groups in total. The maximum atomic E-state index is 8.55. The number of hydrogen-bond donors (Lipinski definition) is 0. The van der Waals surface area contributed by atoms with E-state index >= 15 is 0 Å². The molecule has 0 saturated carbocycles. The molecule has 1 aliphatic rings. The zero-order valence-corrected chi connectivity index (χ0v) is 6.41. The molecule has 0 bridgehead atoms. The first-order valence-corrected chi connectivity index (χ1v) is 3.46. The SMILES string of the molecule is CC1=C/C=C\C(C#N)=C/C=C1. The highest BCUT2D eigenvalue weighted by molar-refractivity contribution is 5.41. The first-order chi connectivity index (χ1) is 5.33. The Hall–Kier alpha value is -1.55. The minimum Gasteiger partial charge on any atom is -0.192 e. The molecular formula is C10H9N. The lowest BCUT2D eigenvalue weighted by Crippen LogP contribution is -1.74.